The van der Waals surface area contributed by atoms with E-state index in [2.05, 4.69) is 15.1 Å². The third-order valence-electron chi connectivity index (χ3n) is 4.19. The standard InChI is InChI=1S/C16H17N5O3/c1-10-14(15-18-11(2)19-24-15)21(7-8-23-10)16(22)12-3-4-13-17-5-6-20(13)9-12/h3-6,9-10,14H,7-8H2,1-2H3/t10-,14+/m1/s1. The number of nitrogens with zero attached hydrogens (tertiary/aromatic N) is 5. The van der Waals surface area contributed by atoms with Crippen molar-refractivity contribution in [1.29, 1.82) is 0 Å². The third kappa shape index (κ3) is 2.44. The van der Waals surface area contributed by atoms with E-state index in [0.29, 0.717) is 30.4 Å². The van der Waals surface area contributed by atoms with Crippen LogP contribution < -0.4 is 0 Å². The molecule has 0 unspecified atom stereocenters. The number of pyridine rings is 1. The number of morpholine rings is 1. The Morgan fingerprint density at radius 3 is 3.04 bits per heavy atom. The summed E-state index contributed by atoms with van der Waals surface area (Å²) in [5.41, 5.74) is 1.38. The lowest BCUT2D eigenvalue weighted by molar-refractivity contribution is -0.0600. The molecule has 0 saturated carbocycles. The van der Waals surface area contributed by atoms with E-state index in [0.717, 1.165) is 5.65 Å². The van der Waals surface area contributed by atoms with Gasteiger partial charge in [-0.2, -0.15) is 4.98 Å². The number of hydrogen-bond acceptors (Lipinski definition) is 6. The maximum atomic E-state index is 13.0. The summed E-state index contributed by atoms with van der Waals surface area (Å²) in [5.74, 6) is 0.841. The van der Waals surface area contributed by atoms with Gasteiger partial charge in [0.05, 0.1) is 18.3 Å². The second-order valence-electron chi connectivity index (χ2n) is 5.81. The van der Waals surface area contributed by atoms with E-state index < -0.39 is 6.04 Å². The van der Waals surface area contributed by atoms with Gasteiger partial charge in [-0.05, 0) is 26.0 Å². The molecule has 1 aliphatic rings. The molecule has 3 aromatic rings. The molecule has 0 spiro atoms. The van der Waals surface area contributed by atoms with Crippen molar-refractivity contribution >= 4 is 11.6 Å². The van der Waals surface area contributed by atoms with Crippen LogP contribution in [-0.4, -0.2) is 49.6 Å². The minimum Gasteiger partial charge on any atom is -0.374 e. The lowest BCUT2D eigenvalue weighted by Crippen LogP contribution is -2.47. The van der Waals surface area contributed by atoms with Gasteiger partial charge in [-0.15, -0.1) is 0 Å². The maximum absolute atomic E-state index is 13.0. The number of rotatable bonds is 2. The van der Waals surface area contributed by atoms with Crippen molar-refractivity contribution in [3.8, 4) is 0 Å². The highest BCUT2D eigenvalue weighted by atomic mass is 16.5. The minimum absolute atomic E-state index is 0.0957. The van der Waals surface area contributed by atoms with Crippen LogP contribution in [0.1, 0.15) is 35.0 Å². The quantitative estimate of drug-likeness (QED) is 0.711. The number of aryl methyl sites for hydroxylation is 1. The lowest BCUT2D eigenvalue weighted by Gasteiger charge is -2.37. The van der Waals surface area contributed by atoms with Gasteiger partial charge in [0.15, 0.2) is 5.82 Å². The average molecular weight is 327 g/mol. The molecule has 4 rings (SSSR count). The Bertz CT molecular complexity index is 887. The van der Waals surface area contributed by atoms with Gasteiger partial charge in [0.2, 0.25) is 0 Å². The number of fused-ring (bicyclic) bond motifs is 1. The number of carbonyl (C=O) groups excluding carboxylic acids is 1. The van der Waals surface area contributed by atoms with Crippen LogP contribution in [0.4, 0.5) is 0 Å². The van der Waals surface area contributed by atoms with Gasteiger partial charge in [0.1, 0.15) is 11.7 Å². The smallest absolute Gasteiger partial charge is 0.256 e. The second kappa shape index (κ2) is 5.72. The highest BCUT2D eigenvalue weighted by molar-refractivity contribution is 5.94. The molecule has 0 radical (unpaired) electrons. The Morgan fingerprint density at radius 1 is 1.38 bits per heavy atom. The zero-order valence-corrected chi connectivity index (χ0v) is 13.4. The number of amides is 1. The molecule has 124 valence electrons. The van der Waals surface area contributed by atoms with Crippen LogP contribution in [0.15, 0.2) is 35.2 Å². The second-order valence-corrected chi connectivity index (χ2v) is 5.81. The van der Waals surface area contributed by atoms with Crippen molar-refractivity contribution in [2.45, 2.75) is 26.0 Å². The molecule has 3 aromatic heterocycles. The van der Waals surface area contributed by atoms with E-state index in [1.165, 1.54) is 0 Å². The van der Waals surface area contributed by atoms with Crippen LogP contribution in [0, 0.1) is 6.92 Å². The van der Waals surface area contributed by atoms with E-state index in [1.54, 1.807) is 30.3 Å². The molecule has 0 aliphatic carbocycles. The normalized spacial score (nSPS) is 21.3. The summed E-state index contributed by atoms with van der Waals surface area (Å²) in [4.78, 5) is 23.3. The number of carbonyl (C=O) groups is 1. The van der Waals surface area contributed by atoms with Crippen molar-refractivity contribution in [2.75, 3.05) is 13.2 Å². The first kappa shape index (κ1) is 14.8. The fourth-order valence-electron chi connectivity index (χ4n) is 3.03. The van der Waals surface area contributed by atoms with E-state index in [1.807, 2.05) is 23.6 Å². The Hall–Kier alpha value is -2.74. The van der Waals surface area contributed by atoms with Gasteiger partial charge in [0.25, 0.3) is 11.8 Å². The number of ether oxygens (including phenoxy) is 1. The number of hydrogen-bond donors (Lipinski definition) is 0. The van der Waals surface area contributed by atoms with Crippen LogP contribution in [0.3, 0.4) is 0 Å². The van der Waals surface area contributed by atoms with Crippen molar-refractivity contribution in [3.63, 3.8) is 0 Å². The SMILES string of the molecule is Cc1noc([C@@H]2[C@@H](C)OCCN2C(=O)c2ccc3nccn3c2)n1. The molecule has 1 saturated heterocycles. The van der Waals surface area contributed by atoms with Crippen molar-refractivity contribution in [3.05, 3.63) is 48.0 Å². The summed E-state index contributed by atoms with van der Waals surface area (Å²) < 4.78 is 12.8. The molecule has 24 heavy (non-hydrogen) atoms. The highest BCUT2D eigenvalue weighted by Crippen LogP contribution is 2.29. The predicted octanol–water partition coefficient (Wildman–Crippen LogP) is 1.63. The lowest BCUT2D eigenvalue weighted by atomic mass is 10.1. The van der Waals surface area contributed by atoms with Crippen molar-refractivity contribution in [2.24, 2.45) is 0 Å². The molecular formula is C16H17N5O3. The Kier molecular flexibility index (Phi) is 3.53. The zero-order valence-electron chi connectivity index (χ0n) is 13.4. The molecule has 0 bridgehead atoms. The first-order valence-electron chi connectivity index (χ1n) is 7.79. The zero-order chi connectivity index (χ0) is 16.7. The van der Waals surface area contributed by atoms with Crippen molar-refractivity contribution < 1.29 is 14.1 Å². The first-order chi connectivity index (χ1) is 11.6. The summed E-state index contributed by atoms with van der Waals surface area (Å²) in [6.07, 6.45) is 5.07. The summed E-state index contributed by atoms with van der Waals surface area (Å²) in [7, 11) is 0. The van der Waals surface area contributed by atoms with E-state index in [9.17, 15) is 4.79 Å². The highest BCUT2D eigenvalue weighted by Gasteiger charge is 2.38. The van der Waals surface area contributed by atoms with Crippen LogP contribution in [0.25, 0.3) is 5.65 Å². The fraction of sp³-hybridized carbons (Fsp3) is 0.375. The molecule has 4 heterocycles. The molecule has 1 amide bonds. The van der Waals surface area contributed by atoms with E-state index >= 15 is 0 Å². The number of aromatic nitrogens is 4. The van der Waals surface area contributed by atoms with Gasteiger partial charge in [-0.1, -0.05) is 5.16 Å². The molecule has 1 fully saturated rings. The Labute approximate surface area is 138 Å². The molecule has 8 nitrogen and oxygen atoms in total. The summed E-state index contributed by atoms with van der Waals surface area (Å²) in [6, 6.07) is 3.20. The first-order valence-corrected chi connectivity index (χ1v) is 7.79. The monoisotopic (exact) mass is 327 g/mol. The Morgan fingerprint density at radius 2 is 2.25 bits per heavy atom. The number of imidazole rings is 1. The topological polar surface area (TPSA) is 85.8 Å². The largest absolute Gasteiger partial charge is 0.374 e. The average Bonchev–Trinajstić information content (AvgIpc) is 3.21. The van der Waals surface area contributed by atoms with Gasteiger partial charge in [-0.25, -0.2) is 4.98 Å². The molecule has 0 N–H and O–H groups in total. The molecular weight excluding hydrogens is 310 g/mol. The predicted molar refractivity (Wildman–Crippen MR) is 83.4 cm³/mol. The Balaban J connectivity index is 1.69. The van der Waals surface area contributed by atoms with Crippen LogP contribution >= 0.6 is 0 Å². The summed E-state index contributed by atoms with van der Waals surface area (Å²) in [5, 5.41) is 3.83. The summed E-state index contributed by atoms with van der Waals surface area (Å²) in [6.45, 7) is 4.60. The van der Waals surface area contributed by atoms with Gasteiger partial charge in [0, 0.05) is 25.1 Å². The summed E-state index contributed by atoms with van der Waals surface area (Å²) >= 11 is 0. The minimum atomic E-state index is -0.397. The van der Waals surface area contributed by atoms with Crippen LogP contribution in [-0.2, 0) is 4.74 Å². The van der Waals surface area contributed by atoms with Crippen molar-refractivity contribution in [1.82, 2.24) is 24.4 Å². The van der Waals surface area contributed by atoms with Crippen LogP contribution in [0.2, 0.25) is 0 Å². The fourth-order valence-corrected chi connectivity index (χ4v) is 3.03. The third-order valence-corrected chi connectivity index (χ3v) is 4.19. The molecule has 8 heteroatoms. The van der Waals surface area contributed by atoms with Crippen LogP contribution in [0.5, 0.6) is 0 Å². The molecule has 0 aromatic carbocycles. The molecule has 1 aliphatic heterocycles. The molecule has 2 atom stereocenters. The van der Waals surface area contributed by atoms with Gasteiger partial charge >= 0.3 is 0 Å². The van der Waals surface area contributed by atoms with Gasteiger partial charge < -0.3 is 18.6 Å². The van der Waals surface area contributed by atoms with E-state index in [-0.39, 0.29) is 12.0 Å². The van der Waals surface area contributed by atoms with E-state index in [4.69, 9.17) is 9.26 Å². The maximum Gasteiger partial charge on any atom is 0.256 e. The van der Waals surface area contributed by atoms with Gasteiger partial charge in [-0.3, -0.25) is 4.79 Å².